The summed E-state index contributed by atoms with van der Waals surface area (Å²) in [5, 5.41) is 0. The number of hydrogen-bond acceptors (Lipinski definition) is 3. The van der Waals surface area contributed by atoms with Crippen LogP contribution in [0.4, 0.5) is 0 Å². The second-order valence-corrected chi connectivity index (χ2v) is 2.14. The number of hydrogen-bond donors (Lipinski definition) is 0. The highest BCUT2D eigenvalue weighted by Gasteiger charge is 2.01. The van der Waals surface area contributed by atoms with Crippen molar-refractivity contribution >= 4 is 5.97 Å². The Balaban J connectivity index is 2.47. The van der Waals surface area contributed by atoms with Gasteiger partial charge < -0.3 is 9.47 Å². The molecule has 3 heteroatoms. The second kappa shape index (κ2) is 4.51. The molecule has 0 aliphatic rings. The molecule has 0 aliphatic heterocycles. The van der Waals surface area contributed by atoms with Crippen molar-refractivity contribution in [2.24, 2.45) is 0 Å². The van der Waals surface area contributed by atoms with E-state index in [0.29, 0.717) is 5.75 Å². The SMILES string of the molecule is COCC(=O)Oc1cc[c]cc1. The molecule has 12 heavy (non-hydrogen) atoms. The van der Waals surface area contributed by atoms with E-state index in [1.807, 2.05) is 0 Å². The minimum atomic E-state index is -0.399. The van der Waals surface area contributed by atoms with Crippen molar-refractivity contribution < 1.29 is 14.3 Å². The highest BCUT2D eigenvalue weighted by atomic mass is 16.6. The maximum atomic E-state index is 10.9. The molecule has 0 heterocycles. The van der Waals surface area contributed by atoms with Crippen LogP contribution in [0.25, 0.3) is 0 Å². The molecule has 0 aliphatic carbocycles. The summed E-state index contributed by atoms with van der Waals surface area (Å²) in [6, 6.07) is 9.49. The van der Waals surface area contributed by atoms with Gasteiger partial charge in [0.15, 0.2) is 0 Å². The Hall–Kier alpha value is -1.35. The lowest BCUT2D eigenvalue weighted by Gasteiger charge is -2.01. The van der Waals surface area contributed by atoms with E-state index in [-0.39, 0.29) is 6.61 Å². The van der Waals surface area contributed by atoms with Crippen LogP contribution in [0.2, 0.25) is 0 Å². The fourth-order valence-corrected chi connectivity index (χ4v) is 0.718. The fraction of sp³-hybridized carbons (Fsp3) is 0.222. The normalized spacial score (nSPS) is 9.42. The zero-order chi connectivity index (χ0) is 8.81. The Kier molecular flexibility index (Phi) is 3.29. The van der Waals surface area contributed by atoms with Crippen LogP contribution < -0.4 is 4.74 Å². The average molecular weight is 165 g/mol. The van der Waals surface area contributed by atoms with Gasteiger partial charge >= 0.3 is 5.97 Å². The number of carbonyl (C=O) groups excluding carboxylic acids is 1. The largest absolute Gasteiger partial charge is 0.425 e. The van der Waals surface area contributed by atoms with Gasteiger partial charge in [0.2, 0.25) is 0 Å². The van der Waals surface area contributed by atoms with Gasteiger partial charge in [-0.05, 0) is 18.2 Å². The number of rotatable bonds is 3. The van der Waals surface area contributed by atoms with Crippen molar-refractivity contribution in [2.45, 2.75) is 0 Å². The summed E-state index contributed by atoms with van der Waals surface area (Å²) in [5.74, 6) is 0.111. The Labute approximate surface area is 70.9 Å². The molecule has 0 spiro atoms. The number of benzene rings is 1. The Morgan fingerprint density at radius 1 is 1.50 bits per heavy atom. The van der Waals surface area contributed by atoms with Crippen molar-refractivity contribution in [3.05, 3.63) is 30.3 Å². The lowest BCUT2D eigenvalue weighted by molar-refractivity contribution is -0.138. The highest BCUT2D eigenvalue weighted by molar-refractivity contribution is 5.73. The predicted octanol–water partition coefficient (Wildman–Crippen LogP) is 1.04. The van der Waals surface area contributed by atoms with E-state index in [2.05, 4.69) is 10.8 Å². The van der Waals surface area contributed by atoms with Crippen LogP contribution in [-0.2, 0) is 9.53 Å². The minimum absolute atomic E-state index is 0.0292. The van der Waals surface area contributed by atoms with Gasteiger partial charge in [-0.15, -0.1) is 0 Å². The van der Waals surface area contributed by atoms with Crippen molar-refractivity contribution in [2.75, 3.05) is 13.7 Å². The Bertz CT molecular complexity index is 243. The van der Waals surface area contributed by atoms with E-state index >= 15 is 0 Å². The number of methoxy groups -OCH3 is 1. The standard InChI is InChI=1S/C9H9O3/c1-11-7-9(10)12-8-5-3-2-4-6-8/h3-6H,7H2,1H3. The van der Waals surface area contributed by atoms with E-state index in [9.17, 15) is 4.79 Å². The summed E-state index contributed by atoms with van der Waals surface area (Å²) in [6.45, 7) is -0.0292. The maximum absolute atomic E-state index is 10.9. The molecule has 0 amide bonds. The molecular weight excluding hydrogens is 156 g/mol. The smallest absolute Gasteiger partial charge is 0.337 e. The van der Waals surface area contributed by atoms with Gasteiger partial charge in [-0.25, -0.2) is 4.79 Å². The lowest BCUT2D eigenvalue weighted by Crippen LogP contribution is -2.13. The molecule has 0 fully saturated rings. The summed E-state index contributed by atoms with van der Waals surface area (Å²) in [7, 11) is 1.44. The van der Waals surface area contributed by atoms with Crippen LogP contribution >= 0.6 is 0 Å². The molecule has 0 bridgehead atoms. The average Bonchev–Trinajstić information content (AvgIpc) is 2.06. The van der Waals surface area contributed by atoms with Gasteiger partial charge in [-0.2, -0.15) is 0 Å². The topological polar surface area (TPSA) is 35.5 Å². The molecule has 3 nitrogen and oxygen atoms in total. The third-order valence-electron chi connectivity index (χ3n) is 1.18. The number of carbonyl (C=O) groups is 1. The first-order valence-corrected chi connectivity index (χ1v) is 3.48. The number of ether oxygens (including phenoxy) is 2. The fourth-order valence-electron chi connectivity index (χ4n) is 0.718. The van der Waals surface area contributed by atoms with E-state index in [1.54, 1.807) is 24.3 Å². The van der Waals surface area contributed by atoms with Gasteiger partial charge in [-0.3, -0.25) is 0 Å². The quantitative estimate of drug-likeness (QED) is 0.496. The Morgan fingerprint density at radius 3 is 2.75 bits per heavy atom. The Morgan fingerprint density at radius 2 is 2.17 bits per heavy atom. The monoisotopic (exact) mass is 165 g/mol. The van der Waals surface area contributed by atoms with Gasteiger partial charge in [-0.1, -0.05) is 12.1 Å². The molecule has 0 saturated heterocycles. The molecule has 0 N–H and O–H groups in total. The summed E-state index contributed by atoms with van der Waals surface area (Å²) < 4.78 is 9.46. The highest BCUT2D eigenvalue weighted by Crippen LogP contribution is 2.07. The first-order valence-electron chi connectivity index (χ1n) is 3.48. The van der Waals surface area contributed by atoms with E-state index in [0.717, 1.165) is 0 Å². The van der Waals surface area contributed by atoms with Gasteiger partial charge in [0.1, 0.15) is 12.4 Å². The first-order chi connectivity index (χ1) is 5.83. The van der Waals surface area contributed by atoms with Gasteiger partial charge in [0, 0.05) is 7.11 Å². The minimum Gasteiger partial charge on any atom is -0.425 e. The summed E-state index contributed by atoms with van der Waals surface area (Å²) >= 11 is 0. The predicted molar refractivity (Wildman–Crippen MR) is 42.8 cm³/mol. The second-order valence-electron chi connectivity index (χ2n) is 2.14. The lowest BCUT2D eigenvalue weighted by atomic mass is 10.3. The molecule has 0 aromatic heterocycles. The van der Waals surface area contributed by atoms with Crippen molar-refractivity contribution in [3.63, 3.8) is 0 Å². The summed E-state index contributed by atoms with van der Waals surface area (Å²) in [4.78, 5) is 10.9. The molecular formula is C9H9O3. The summed E-state index contributed by atoms with van der Waals surface area (Å²) in [5.41, 5.74) is 0. The maximum Gasteiger partial charge on any atom is 0.337 e. The van der Waals surface area contributed by atoms with Crippen LogP contribution in [-0.4, -0.2) is 19.7 Å². The van der Waals surface area contributed by atoms with Crippen LogP contribution in [0.1, 0.15) is 0 Å². The van der Waals surface area contributed by atoms with Crippen molar-refractivity contribution in [1.29, 1.82) is 0 Å². The van der Waals surface area contributed by atoms with Gasteiger partial charge in [0.05, 0.1) is 0 Å². The number of esters is 1. The molecule has 0 saturated carbocycles. The first kappa shape index (κ1) is 8.74. The van der Waals surface area contributed by atoms with Crippen molar-refractivity contribution in [3.8, 4) is 5.75 Å². The molecule has 1 radical (unpaired) electrons. The third-order valence-corrected chi connectivity index (χ3v) is 1.18. The zero-order valence-corrected chi connectivity index (χ0v) is 6.74. The van der Waals surface area contributed by atoms with Crippen LogP contribution in [0.3, 0.4) is 0 Å². The van der Waals surface area contributed by atoms with Gasteiger partial charge in [0.25, 0.3) is 0 Å². The molecule has 1 aromatic carbocycles. The molecule has 1 aromatic rings. The zero-order valence-electron chi connectivity index (χ0n) is 6.74. The van der Waals surface area contributed by atoms with Crippen LogP contribution in [0, 0.1) is 6.07 Å². The van der Waals surface area contributed by atoms with E-state index < -0.39 is 5.97 Å². The molecule has 63 valence electrons. The van der Waals surface area contributed by atoms with Crippen LogP contribution in [0.5, 0.6) is 5.75 Å². The molecule has 0 unspecified atom stereocenters. The van der Waals surface area contributed by atoms with Crippen LogP contribution in [0.15, 0.2) is 24.3 Å². The van der Waals surface area contributed by atoms with E-state index in [4.69, 9.17) is 4.74 Å². The summed E-state index contributed by atoms with van der Waals surface area (Å²) in [6.07, 6.45) is 0. The molecule has 1 rings (SSSR count). The molecule has 0 atom stereocenters. The van der Waals surface area contributed by atoms with E-state index in [1.165, 1.54) is 7.11 Å². The third kappa shape index (κ3) is 2.72. The van der Waals surface area contributed by atoms with Crippen molar-refractivity contribution in [1.82, 2.24) is 0 Å².